The topological polar surface area (TPSA) is 61.4 Å². The SMILES string of the molecule is CC(C)C(=O)N(C)Cc1ccc(C(=O)NC2CCNCC2)cc1. The summed E-state index contributed by atoms with van der Waals surface area (Å²) in [4.78, 5) is 25.9. The van der Waals surface area contributed by atoms with Crippen LogP contribution in [-0.2, 0) is 11.3 Å². The van der Waals surface area contributed by atoms with E-state index in [9.17, 15) is 9.59 Å². The first-order valence-electron chi connectivity index (χ1n) is 8.33. The van der Waals surface area contributed by atoms with Gasteiger partial charge in [-0.25, -0.2) is 0 Å². The Labute approximate surface area is 138 Å². The Bertz CT molecular complexity index is 534. The lowest BCUT2D eigenvalue weighted by atomic mass is 10.1. The largest absolute Gasteiger partial charge is 0.349 e. The molecule has 1 saturated heterocycles. The molecule has 0 spiro atoms. The maximum Gasteiger partial charge on any atom is 0.251 e. The van der Waals surface area contributed by atoms with Crippen molar-refractivity contribution in [2.24, 2.45) is 5.92 Å². The molecule has 1 aromatic rings. The number of rotatable bonds is 5. The Hall–Kier alpha value is -1.88. The van der Waals surface area contributed by atoms with Gasteiger partial charge in [0.05, 0.1) is 0 Å². The monoisotopic (exact) mass is 317 g/mol. The zero-order valence-electron chi connectivity index (χ0n) is 14.3. The van der Waals surface area contributed by atoms with Gasteiger partial charge in [0, 0.05) is 31.1 Å². The number of nitrogens with one attached hydrogen (secondary N) is 2. The summed E-state index contributed by atoms with van der Waals surface area (Å²) in [6, 6.07) is 7.76. The normalized spacial score (nSPS) is 15.5. The van der Waals surface area contributed by atoms with Crippen molar-refractivity contribution in [3.63, 3.8) is 0 Å². The first-order valence-corrected chi connectivity index (χ1v) is 8.33. The van der Waals surface area contributed by atoms with E-state index >= 15 is 0 Å². The third-order valence-electron chi connectivity index (χ3n) is 4.18. The second-order valence-corrected chi connectivity index (χ2v) is 6.54. The minimum absolute atomic E-state index is 0.00460. The van der Waals surface area contributed by atoms with Crippen LogP contribution in [0.2, 0.25) is 0 Å². The molecule has 0 saturated carbocycles. The molecule has 2 N–H and O–H groups in total. The van der Waals surface area contributed by atoms with Crippen molar-refractivity contribution in [3.8, 4) is 0 Å². The van der Waals surface area contributed by atoms with E-state index in [0.29, 0.717) is 12.1 Å². The van der Waals surface area contributed by atoms with Gasteiger partial charge in [0.1, 0.15) is 0 Å². The van der Waals surface area contributed by atoms with Crippen LogP contribution < -0.4 is 10.6 Å². The average Bonchev–Trinajstić information content (AvgIpc) is 2.55. The zero-order valence-corrected chi connectivity index (χ0v) is 14.3. The number of amides is 2. The van der Waals surface area contributed by atoms with Crippen LogP contribution in [0.5, 0.6) is 0 Å². The van der Waals surface area contributed by atoms with Crippen molar-refractivity contribution in [3.05, 3.63) is 35.4 Å². The van der Waals surface area contributed by atoms with Gasteiger partial charge in [0.2, 0.25) is 5.91 Å². The van der Waals surface area contributed by atoms with Crippen molar-refractivity contribution in [2.75, 3.05) is 20.1 Å². The molecule has 0 aliphatic carbocycles. The van der Waals surface area contributed by atoms with Crippen LogP contribution in [-0.4, -0.2) is 42.9 Å². The van der Waals surface area contributed by atoms with Crippen LogP contribution in [0.25, 0.3) is 0 Å². The number of hydrogen-bond acceptors (Lipinski definition) is 3. The number of carbonyl (C=O) groups is 2. The second kappa shape index (κ2) is 8.11. The third-order valence-corrected chi connectivity index (χ3v) is 4.18. The van der Waals surface area contributed by atoms with Crippen LogP contribution >= 0.6 is 0 Å². The van der Waals surface area contributed by atoms with E-state index in [1.807, 2.05) is 38.1 Å². The fraction of sp³-hybridized carbons (Fsp3) is 0.556. The van der Waals surface area contributed by atoms with E-state index in [4.69, 9.17) is 0 Å². The molecule has 1 heterocycles. The molecule has 5 nitrogen and oxygen atoms in total. The van der Waals surface area contributed by atoms with E-state index in [1.165, 1.54) is 0 Å². The molecule has 23 heavy (non-hydrogen) atoms. The molecule has 0 radical (unpaired) electrons. The second-order valence-electron chi connectivity index (χ2n) is 6.54. The quantitative estimate of drug-likeness (QED) is 0.870. The number of piperidine rings is 1. The number of hydrogen-bond donors (Lipinski definition) is 2. The number of benzene rings is 1. The molecule has 0 atom stereocenters. The van der Waals surface area contributed by atoms with Gasteiger partial charge in [-0.1, -0.05) is 26.0 Å². The molecule has 1 aliphatic heterocycles. The molecule has 1 aliphatic rings. The van der Waals surface area contributed by atoms with Crippen molar-refractivity contribution in [2.45, 2.75) is 39.3 Å². The van der Waals surface area contributed by atoms with Gasteiger partial charge in [-0.15, -0.1) is 0 Å². The molecule has 1 fully saturated rings. The summed E-state index contributed by atoms with van der Waals surface area (Å²) >= 11 is 0. The first kappa shape index (κ1) is 17.5. The summed E-state index contributed by atoms with van der Waals surface area (Å²) in [6.45, 7) is 6.27. The first-order chi connectivity index (χ1) is 11.0. The Kier molecular flexibility index (Phi) is 6.16. The highest BCUT2D eigenvalue weighted by molar-refractivity contribution is 5.94. The van der Waals surface area contributed by atoms with Gasteiger partial charge in [0.25, 0.3) is 5.91 Å². The lowest BCUT2D eigenvalue weighted by Gasteiger charge is -2.23. The summed E-state index contributed by atoms with van der Waals surface area (Å²) in [5.41, 5.74) is 1.70. The van der Waals surface area contributed by atoms with Crippen molar-refractivity contribution < 1.29 is 9.59 Å². The number of nitrogens with zero attached hydrogens (tertiary/aromatic N) is 1. The standard InChI is InChI=1S/C18H27N3O2/c1-13(2)18(23)21(3)12-14-4-6-15(7-5-14)17(22)20-16-8-10-19-11-9-16/h4-7,13,16,19H,8-12H2,1-3H3,(H,20,22). The fourth-order valence-corrected chi connectivity index (χ4v) is 2.79. The van der Waals surface area contributed by atoms with Gasteiger partial charge >= 0.3 is 0 Å². The van der Waals surface area contributed by atoms with Crippen LogP contribution in [0.15, 0.2) is 24.3 Å². The molecule has 126 valence electrons. The van der Waals surface area contributed by atoms with Crippen LogP contribution in [0.1, 0.15) is 42.6 Å². The van der Waals surface area contributed by atoms with Crippen molar-refractivity contribution >= 4 is 11.8 Å². The van der Waals surface area contributed by atoms with Gasteiger partial charge in [-0.05, 0) is 43.6 Å². The highest BCUT2D eigenvalue weighted by atomic mass is 16.2. The Morgan fingerprint density at radius 2 is 1.83 bits per heavy atom. The Morgan fingerprint density at radius 1 is 1.22 bits per heavy atom. The molecule has 0 bridgehead atoms. The minimum Gasteiger partial charge on any atom is -0.349 e. The predicted molar refractivity (Wildman–Crippen MR) is 91.1 cm³/mol. The summed E-state index contributed by atoms with van der Waals surface area (Å²) in [6.07, 6.45) is 1.96. The van der Waals surface area contributed by atoms with Crippen LogP contribution in [0.3, 0.4) is 0 Å². The van der Waals surface area contributed by atoms with E-state index in [0.717, 1.165) is 31.5 Å². The summed E-state index contributed by atoms with van der Waals surface area (Å²) in [5.74, 6) is 0.0998. The van der Waals surface area contributed by atoms with Gasteiger partial charge in [-0.2, -0.15) is 0 Å². The predicted octanol–water partition coefficient (Wildman–Crippen LogP) is 1.78. The van der Waals surface area contributed by atoms with Crippen molar-refractivity contribution in [1.82, 2.24) is 15.5 Å². The van der Waals surface area contributed by atoms with Crippen molar-refractivity contribution in [1.29, 1.82) is 0 Å². The zero-order chi connectivity index (χ0) is 16.8. The average molecular weight is 317 g/mol. The Balaban J connectivity index is 1.90. The molecule has 2 rings (SSSR count). The molecule has 5 heteroatoms. The smallest absolute Gasteiger partial charge is 0.251 e. The van der Waals surface area contributed by atoms with Gasteiger partial charge < -0.3 is 15.5 Å². The van der Waals surface area contributed by atoms with E-state index < -0.39 is 0 Å². The number of carbonyl (C=O) groups excluding carboxylic acids is 2. The lowest BCUT2D eigenvalue weighted by Crippen LogP contribution is -2.42. The molecule has 2 amide bonds. The summed E-state index contributed by atoms with van der Waals surface area (Å²) in [7, 11) is 1.81. The maximum absolute atomic E-state index is 12.2. The van der Waals surface area contributed by atoms with E-state index in [-0.39, 0.29) is 23.8 Å². The summed E-state index contributed by atoms with van der Waals surface area (Å²) < 4.78 is 0. The van der Waals surface area contributed by atoms with Crippen LogP contribution in [0, 0.1) is 5.92 Å². The highest BCUT2D eigenvalue weighted by Gasteiger charge is 2.17. The molecule has 1 aromatic carbocycles. The van der Waals surface area contributed by atoms with Gasteiger partial charge in [0.15, 0.2) is 0 Å². The minimum atomic E-state index is -0.0185. The summed E-state index contributed by atoms with van der Waals surface area (Å²) in [5, 5.41) is 6.37. The highest BCUT2D eigenvalue weighted by Crippen LogP contribution is 2.10. The molecule has 0 aromatic heterocycles. The molecular weight excluding hydrogens is 290 g/mol. The van der Waals surface area contributed by atoms with E-state index in [1.54, 1.807) is 11.9 Å². The van der Waals surface area contributed by atoms with Crippen LogP contribution in [0.4, 0.5) is 0 Å². The fourth-order valence-electron chi connectivity index (χ4n) is 2.79. The molecular formula is C18H27N3O2. The molecule has 0 unspecified atom stereocenters. The third kappa shape index (κ3) is 5.06. The van der Waals surface area contributed by atoms with Gasteiger partial charge in [-0.3, -0.25) is 9.59 Å². The lowest BCUT2D eigenvalue weighted by molar-refractivity contribution is -0.133. The van der Waals surface area contributed by atoms with E-state index in [2.05, 4.69) is 10.6 Å². The Morgan fingerprint density at radius 3 is 2.39 bits per heavy atom. The maximum atomic E-state index is 12.2.